The SMILES string of the molecule is CC(=O)O[C@@]1(C)NC(=O)[C@@H]1C(C)O[Si](C)(C)C(C)(C)C. The predicted octanol–water partition coefficient (Wildman–Crippen LogP) is 2.42. The molecule has 1 aliphatic heterocycles. The molecule has 0 aromatic carbocycles. The Morgan fingerprint density at radius 1 is 1.40 bits per heavy atom. The summed E-state index contributed by atoms with van der Waals surface area (Å²) in [4.78, 5) is 23.0. The van der Waals surface area contributed by atoms with Crippen LogP contribution in [0.4, 0.5) is 0 Å². The van der Waals surface area contributed by atoms with Gasteiger partial charge in [0.2, 0.25) is 5.91 Å². The molecule has 0 aromatic heterocycles. The number of ether oxygens (including phenoxy) is 1. The third-order valence-electron chi connectivity index (χ3n) is 4.36. The number of carbonyl (C=O) groups excluding carboxylic acids is 2. The molecule has 0 aromatic rings. The largest absolute Gasteiger partial charge is 0.439 e. The van der Waals surface area contributed by atoms with Gasteiger partial charge < -0.3 is 14.5 Å². The molecule has 1 rings (SSSR count). The smallest absolute Gasteiger partial charge is 0.304 e. The van der Waals surface area contributed by atoms with E-state index in [9.17, 15) is 9.59 Å². The first-order chi connectivity index (χ1) is 8.80. The van der Waals surface area contributed by atoms with Crippen LogP contribution in [0.1, 0.15) is 41.5 Å². The average molecular weight is 301 g/mol. The van der Waals surface area contributed by atoms with Gasteiger partial charge in [-0.15, -0.1) is 0 Å². The van der Waals surface area contributed by atoms with Gasteiger partial charge in [0.25, 0.3) is 0 Å². The minimum Gasteiger partial charge on any atom is -0.439 e. The summed E-state index contributed by atoms with van der Waals surface area (Å²) in [6, 6.07) is 0. The molecule has 1 unspecified atom stereocenters. The van der Waals surface area contributed by atoms with Crippen LogP contribution in [0.5, 0.6) is 0 Å². The van der Waals surface area contributed by atoms with Gasteiger partial charge in [-0.25, -0.2) is 0 Å². The van der Waals surface area contributed by atoms with Gasteiger partial charge in [0.1, 0.15) is 5.92 Å². The first kappa shape index (κ1) is 17.2. The van der Waals surface area contributed by atoms with Crippen LogP contribution in [0.3, 0.4) is 0 Å². The summed E-state index contributed by atoms with van der Waals surface area (Å²) in [6.45, 7) is 15.7. The lowest BCUT2D eigenvalue weighted by Crippen LogP contribution is -2.73. The molecule has 3 atom stereocenters. The van der Waals surface area contributed by atoms with Gasteiger partial charge in [0, 0.05) is 6.92 Å². The average Bonchev–Trinajstić information content (AvgIpc) is 2.10. The maximum absolute atomic E-state index is 11.8. The van der Waals surface area contributed by atoms with Crippen molar-refractivity contribution in [2.75, 3.05) is 0 Å². The first-order valence-electron chi connectivity index (χ1n) is 6.99. The normalized spacial score (nSPS) is 28.4. The van der Waals surface area contributed by atoms with Gasteiger partial charge in [0.15, 0.2) is 14.0 Å². The Bertz CT molecular complexity index is 416. The summed E-state index contributed by atoms with van der Waals surface area (Å²) >= 11 is 0. The van der Waals surface area contributed by atoms with Gasteiger partial charge in [-0.1, -0.05) is 20.8 Å². The molecule has 116 valence electrons. The Morgan fingerprint density at radius 2 is 1.90 bits per heavy atom. The number of carbonyl (C=O) groups is 2. The topological polar surface area (TPSA) is 64.6 Å². The number of hydrogen-bond acceptors (Lipinski definition) is 4. The predicted molar refractivity (Wildman–Crippen MR) is 79.5 cm³/mol. The molecule has 1 saturated heterocycles. The van der Waals surface area contributed by atoms with Crippen LogP contribution in [0.2, 0.25) is 18.1 Å². The van der Waals surface area contributed by atoms with Crippen LogP contribution in [0, 0.1) is 5.92 Å². The van der Waals surface area contributed by atoms with Gasteiger partial charge in [-0.2, -0.15) is 0 Å². The van der Waals surface area contributed by atoms with E-state index in [0.717, 1.165) is 0 Å². The number of β-lactam (4-membered cyclic amide) rings is 1. The lowest BCUT2D eigenvalue weighted by Gasteiger charge is -2.50. The molecule has 1 heterocycles. The van der Waals surface area contributed by atoms with Crippen LogP contribution < -0.4 is 5.32 Å². The van der Waals surface area contributed by atoms with Crippen molar-refractivity contribution in [1.29, 1.82) is 0 Å². The highest BCUT2D eigenvalue weighted by Crippen LogP contribution is 2.40. The quantitative estimate of drug-likeness (QED) is 0.492. The van der Waals surface area contributed by atoms with Crippen LogP contribution in [0.15, 0.2) is 0 Å². The van der Waals surface area contributed by atoms with Crippen LogP contribution in [-0.2, 0) is 18.8 Å². The van der Waals surface area contributed by atoms with Gasteiger partial charge >= 0.3 is 5.97 Å². The van der Waals surface area contributed by atoms with Crippen molar-refractivity contribution in [2.24, 2.45) is 5.92 Å². The van der Waals surface area contributed by atoms with E-state index in [2.05, 4.69) is 39.2 Å². The highest BCUT2D eigenvalue weighted by Gasteiger charge is 2.57. The summed E-state index contributed by atoms with van der Waals surface area (Å²) in [5.41, 5.74) is -0.954. The van der Waals surface area contributed by atoms with E-state index < -0.39 is 25.9 Å². The molecule has 1 N–H and O–H groups in total. The molecule has 0 bridgehead atoms. The first-order valence-corrected chi connectivity index (χ1v) is 9.90. The Morgan fingerprint density at radius 3 is 2.25 bits per heavy atom. The minimum absolute atomic E-state index is 0.0688. The summed E-state index contributed by atoms with van der Waals surface area (Å²) in [7, 11) is -1.97. The number of amides is 1. The van der Waals surface area contributed by atoms with E-state index >= 15 is 0 Å². The molecule has 0 aliphatic carbocycles. The Balaban J connectivity index is 2.83. The van der Waals surface area contributed by atoms with Crippen LogP contribution >= 0.6 is 0 Å². The van der Waals surface area contributed by atoms with Crippen molar-refractivity contribution >= 4 is 20.2 Å². The zero-order valence-corrected chi connectivity index (χ0v) is 14.8. The van der Waals surface area contributed by atoms with Crippen LogP contribution in [-0.4, -0.2) is 32.0 Å². The Hall–Kier alpha value is -0.883. The van der Waals surface area contributed by atoms with Crippen molar-refractivity contribution in [2.45, 2.75) is 71.5 Å². The fraction of sp³-hybridized carbons (Fsp3) is 0.857. The van der Waals surface area contributed by atoms with Crippen LogP contribution in [0.25, 0.3) is 0 Å². The second kappa shape index (κ2) is 5.15. The summed E-state index contributed by atoms with van der Waals surface area (Å²) in [6.07, 6.45) is -0.283. The second-order valence-electron chi connectivity index (χ2n) is 7.25. The van der Waals surface area contributed by atoms with Gasteiger partial charge in [0.05, 0.1) is 6.10 Å². The summed E-state index contributed by atoms with van der Waals surface area (Å²) in [5, 5.41) is 2.73. The maximum atomic E-state index is 11.8. The molecule has 5 nitrogen and oxygen atoms in total. The molecular formula is C14H27NO4Si. The molecule has 0 saturated carbocycles. The van der Waals surface area contributed by atoms with E-state index in [0.29, 0.717) is 0 Å². The Kier molecular flexibility index (Phi) is 4.42. The third kappa shape index (κ3) is 3.23. The zero-order valence-electron chi connectivity index (χ0n) is 13.8. The highest BCUT2D eigenvalue weighted by atomic mass is 28.4. The number of hydrogen-bond donors (Lipinski definition) is 1. The van der Waals surface area contributed by atoms with Crippen molar-refractivity contribution in [1.82, 2.24) is 5.32 Å². The molecule has 0 spiro atoms. The lowest BCUT2D eigenvalue weighted by molar-refractivity contribution is -0.197. The van der Waals surface area contributed by atoms with Crippen molar-refractivity contribution in [3.05, 3.63) is 0 Å². The fourth-order valence-electron chi connectivity index (χ4n) is 2.33. The molecule has 1 fully saturated rings. The van der Waals surface area contributed by atoms with E-state index in [1.807, 2.05) is 6.92 Å². The van der Waals surface area contributed by atoms with E-state index in [1.165, 1.54) is 6.92 Å². The monoisotopic (exact) mass is 301 g/mol. The number of esters is 1. The third-order valence-corrected chi connectivity index (χ3v) is 8.93. The number of nitrogens with one attached hydrogen (secondary N) is 1. The zero-order chi connectivity index (χ0) is 15.9. The molecule has 6 heteroatoms. The van der Waals surface area contributed by atoms with Crippen molar-refractivity contribution < 1.29 is 18.8 Å². The fourth-order valence-corrected chi connectivity index (χ4v) is 3.75. The lowest BCUT2D eigenvalue weighted by atomic mass is 9.83. The number of rotatable bonds is 4. The Labute approximate surface area is 122 Å². The maximum Gasteiger partial charge on any atom is 0.304 e. The minimum atomic E-state index is -1.97. The molecule has 1 amide bonds. The molecule has 0 radical (unpaired) electrons. The van der Waals surface area contributed by atoms with Gasteiger partial charge in [-0.3, -0.25) is 9.59 Å². The summed E-state index contributed by atoms with van der Waals surface area (Å²) in [5.74, 6) is -0.988. The van der Waals surface area contributed by atoms with E-state index in [-0.39, 0.29) is 17.0 Å². The molecule has 1 aliphatic rings. The van der Waals surface area contributed by atoms with E-state index in [1.54, 1.807) is 6.92 Å². The van der Waals surface area contributed by atoms with Gasteiger partial charge in [-0.05, 0) is 32.0 Å². The van der Waals surface area contributed by atoms with Crippen molar-refractivity contribution in [3.8, 4) is 0 Å². The van der Waals surface area contributed by atoms with Crippen molar-refractivity contribution in [3.63, 3.8) is 0 Å². The molecular weight excluding hydrogens is 274 g/mol. The second-order valence-corrected chi connectivity index (χ2v) is 12.0. The van der Waals surface area contributed by atoms with E-state index in [4.69, 9.17) is 9.16 Å². The highest BCUT2D eigenvalue weighted by molar-refractivity contribution is 6.74. The summed E-state index contributed by atoms with van der Waals surface area (Å²) < 4.78 is 11.5. The standard InChI is InChI=1S/C14H27NO4Si/c1-9(19-20(7,8)13(3,4)5)11-12(17)15-14(11,6)18-10(2)16/h9,11H,1-8H3,(H,15,17)/t9?,11-,14+/m0/s1. The molecule has 20 heavy (non-hydrogen) atoms.